The van der Waals surface area contributed by atoms with Crippen molar-refractivity contribution in [2.45, 2.75) is 0 Å². The molecule has 0 unspecified atom stereocenters. The Labute approximate surface area is 293 Å². The minimum Gasteiger partial charge on any atom is -0.309 e. The zero-order chi connectivity index (χ0) is 33.7. The van der Waals surface area contributed by atoms with Crippen molar-refractivity contribution in [3.05, 3.63) is 170 Å². The fourth-order valence-corrected chi connectivity index (χ4v) is 7.22. The van der Waals surface area contributed by atoms with Gasteiger partial charge in [-0.2, -0.15) is 0 Å². The number of rotatable bonds is 5. The average Bonchev–Trinajstić information content (AvgIpc) is 3.57. The molecule has 0 spiro atoms. The predicted octanol–water partition coefficient (Wildman–Crippen LogP) is 10.7. The number of aromatic nitrogens is 6. The van der Waals surface area contributed by atoms with Crippen LogP contribution < -0.4 is 0 Å². The van der Waals surface area contributed by atoms with Gasteiger partial charge in [0.25, 0.3) is 0 Å². The van der Waals surface area contributed by atoms with E-state index in [4.69, 9.17) is 19.9 Å². The van der Waals surface area contributed by atoms with E-state index in [1.165, 1.54) is 10.8 Å². The Balaban J connectivity index is 1.13. The molecule has 0 aliphatic heterocycles. The van der Waals surface area contributed by atoms with Gasteiger partial charge < -0.3 is 4.57 Å². The highest BCUT2D eigenvalue weighted by Gasteiger charge is 2.20. The number of pyridine rings is 3. The third-order valence-corrected chi connectivity index (χ3v) is 9.59. The van der Waals surface area contributed by atoms with E-state index in [9.17, 15) is 0 Å². The van der Waals surface area contributed by atoms with Gasteiger partial charge in [-0.25, -0.2) is 9.97 Å². The predicted molar refractivity (Wildman–Crippen MR) is 207 cm³/mol. The molecule has 0 aliphatic carbocycles. The number of para-hydroxylation sites is 1. The molecule has 51 heavy (non-hydrogen) atoms. The Morgan fingerprint density at radius 2 is 1.02 bits per heavy atom. The minimum atomic E-state index is 0.686. The van der Waals surface area contributed by atoms with Gasteiger partial charge >= 0.3 is 0 Å². The smallest absolute Gasteiger partial charge is 0.160 e. The van der Waals surface area contributed by atoms with Crippen LogP contribution >= 0.6 is 0 Å². The van der Waals surface area contributed by atoms with E-state index in [-0.39, 0.29) is 0 Å². The summed E-state index contributed by atoms with van der Waals surface area (Å²) in [6, 6.07) is 50.3. The normalized spacial score (nSPS) is 11.5. The first-order valence-electron chi connectivity index (χ1n) is 16.9. The van der Waals surface area contributed by atoms with Crippen molar-refractivity contribution >= 4 is 43.6 Å². The molecule has 0 amide bonds. The Morgan fingerprint density at radius 1 is 0.431 bits per heavy atom. The fourth-order valence-electron chi connectivity index (χ4n) is 7.22. The van der Waals surface area contributed by atoms with E-state index in [0.717, 1.165) is 77.7 Å². The third-order valence-electron chi connectivity index (χ3n) is 9.59. The standard InChI is InChI=1S/C45H28N6/c1-2-9-32(10-3-1)45-49-38(30-18-16-29(17-19-30)33-11-6-24-46-28-33)27-39(50-45)31-20-22-34(23-21-31)51-40-15-5-4-12-35(40)41-36-13-7-25-47-42(36)43-37(44(41)51)14-8-26-48-43/h1-28H. The zero-order valence-electron chi connectivity index (χ0n) is 27.3. The lowest BCUT2D eigenvalue weighted by molar-refractivity contribution is 1.17. The quantitative estimate of drug-likeness (QED) is 0.173. The summed E-state index contributed by atoms with van der Waals surface area (Å²) in [6.45, 7) is 0. The SMILES string of the molecule is c1ccc(-c2nc(-c3ccc(-c4cccnc4)cc3)cc(-c3ccc(-n4c5ccccc5c5c6cccnc6c6ncccc6c54)cc3)n2)cc1. The number of fused-ring (bicyclic) bond motifs is 8. The third kappa shape index (κ3) is 4.84. The van der Waals surface area contributed by atoms with Gasteiger partial charge in [-0.15, -0.1) is 0 Å². The molecule has 10 aromatic rings. The first-order chi connectivity index (χ1) is 25.3. The van der Waals surface area contributed by atoms with Crippen LogP contribution in [0.15, 0.2) is 170 Å². The summed E-state index contributed by atoms with van der Waals surface area (Å²) in [5.74, 6) is 0.686. The summed E-state index contributed by atoms with van der Waals surface area (Å²) in [6.07, 6.45) is 7.37. The lowest BCUT2D eigenvalue weighted by Gasteiger charge is -2.13. The first kappa shape index (κ1) is 28.9. The van der Waals surface area contributed by atoms with Crippen molar-refractivity contribution in [3.8, 4) is 50.7 Å². The number of hydrogen-bond donors (Lipinski definition) is 0. The van der Waals surface area contributed by atoms with Gasteiger partial charge in [-0.05, 0) is 59.7 Å². The van der Waals surface area contributed by atoms with Gasteiger partial charge in [0.1, 0.15) is 0 Å². The Hall–Kier alpha value is -7.05. The van der Waals surface area contributed by atoms with Crippen LogP contribution in [0.3, 0.4) is 0 Å². The maximum Gasteiger partial charge on any atom is 0.160 e. The maximum absolute atomic E-state index is 5.09. The zero-order valence-corrected chi connectivity index (χ0v) is 27.3. The van der Waals surface area contributed by atoms with E-state index in [1.54, 1.807) is 6.20 Å². The van der Waals surface area contributed by atoms with E-state index in [1.807, 2.05) is 55.0 Å². The van der Waals surface area contributed by atoms with Crippen LogP contribution in [-0.4, -0.2) is 29.5 Å². The number of hydrogen-bond acceptors (Lipinski definition) is 5. The van der Waals surface area contributed by atoms with E-state index < -0.39 is 0 Å². The second-order valence-corrected chi connectivity index (χ2v) is 12.6. The molecule has 10 rings (SSSR count). The lowest BCUT2D eigenvalue weighted by Crippen LogP contribution is -1.97. The van der Waals surface area contributed by atoms with E-state index in [2.05, 4.69) is 119 Å². The topological polar surface area (TPSA) is 69.4 Å². The minimum absolute atomic E-state index is 0.686. The van der Waals surface area contributed by atoms with Crippen molar-refractivity contribution in [2.24, 2.45) is 0 Å². The summed E-state index contributed by atoms with van der Waals surface area (Å²) < 4.78 is 2.36. The summed E-state index contributed by atoms with van der Waals surface area (Å²) in [7, 11) is 0. The second-order valence-electron chi connectivity index (χ2n) is 12.6. The van der Waals surface area contributed by atoms with Crippen LogP contribution in [-0.2, 0) is 0 Å². The molecule has 0 saturated heterocycles. The van der Waals surface area contributed by atoms with Crippen molar-refractivity contribution in [2.75, 3.05) is 0 Å². The molecule has 0 aliphatic rings. The fraction of sp³-hybridized carbons (Fsp3) is 0. The van der Waals surface area contributed by atoms with Gasteiger partial charge in [0.2, 0.25) is 0 Å². The van der Waals surface area contributed by atoms with Crippen LogP contribution in [0.1, 0.15) is 0 Å². The van der Waals surface area contributed by atoms with Gasteiger partial charge in [0, 0.05) is 68.7 Å². The van der Waals surface area contributed by atoms with Gasteiger partial charge in [0.05, 0.1) is 33.5 Å². The molecule has 5 heterocycles. The van der Waals surface area contributed by atoms with Gasteiger partial charge in [-0.3, -0.25) is 15.0 Å². The molecule has 0 atom stereocenters. The molecule has 0 radical (unpaired) electrons. The Morgan fingerprint density at radius 3 is 1.75 bits per heavy atom. The van der Waals surface area contributed by atoms with Crippen molar-refractivity contribution < 1.29 is 0 Å². The first-order valence-corrected chi connectivity index (χ1v) is 16.9. The molecule has 238 valence electrons. The summed E-state index contributed by atoms with van der Waals surface area (Å²) in [5.41, 5.74) is 12.0. The summed E-state index contributed by atoms with van der Waals surface area (Å²) in [4.78, 5) is 24.0. The van der Waals surface area contributed by atoms with E-state index in [0.29, 0.717) is 5.82 Å². The monoisotopic (exact) mass is 652 g/mol. The maximum atomic E-state index is 5.09. The van der Waals surface area contributed by atoms with Crippen molar-refractivity contribution in [3.63, 3.8) is 0 Å². The highest BCUT2D eigenvalue weighted by atomic mass is 15.0. The molecular weight excluding hydrogens is 625 g/mol. The molecule has 0 N–H and O–H groups in total. The van der Waals surface area contributed by atoms with Crippen LogP contribution in [0, 0.1) is 0 Å². The molecule has 6 heteroatoms. The number of nitrogens with zero attached hydrogens (tertiary/aromatic N) is 6. The molecule has 0 fully saturated rings. The van der Waals surface area contributed by atoms with E-state index >= 15 is 0 Å². The average molecular weight is 653 g/mol. The Bertz CT molecular complexity index is 2880. The molecule has 6 nitrogen and oxygen atoms in total. The van der Waals surface area contributed by atoms with Crippen LogP contribution in [0.25, 0.3) is 94.3 Å². The summed E-state index contributed by atoms with van der Waals surface area (Å²) >= 11 is 0. The largest absolute Gasteiger partial charge is 0.309 e. The van der Waals surface area contributed by atoms with Crippen molar-refractivity contribution in [1.82, 2.24) is 29.5 Å². The highest BCUT2D eigenvalue weighted by molar-refractivity contribution is 6.30. The molecule has 5 aromatic carbocycles. The molecule has 0 saturated carbocycles. The van der Waals surface area contributed by atoms with Gasteiger partial charge in [0.15, 0.2) is 5.82 Å². The molecular formula is C45H28N6. The lowest BCUT2D eigenvalue weighted by atomic mass is 10.0. The second kappa shape index (κ2) is 11.8. The molecule has 5 aromatic heterocycles. The number of benzene rings is 5. The highest BCUT2D eigenvalue weighted by Crippen LogP contribution is 2.41. The van der Waals surface area contributed by atoms with Gasteiger partial charge in [-0.1, -0.05) is 97.1 Å². The Kier molecular flexibility index (Phi) is 6.70. The summed E-state index contributed by atoms with van der Waals surface area (Å²) in [5, 5.41) is 4.53. The molecule has 0 bridgehead atoms. The van der Waals surface area contributed by atoms with Crippen molar-refractivity contribution in [1.29, 1.82) is 0 Å². The van der Waals surface area contributed by atoms with Crippen LogP contribution in [0.5, 0.6) is 0 Å². The van der Waals surface area contributed by atoms with Crippen LogP contribution in [0.4, 0.5) is 0 Å². The van der Waals surface area contributed by atoms with Crippen LogP contribution in [0.2, 0.25) is 0 Å².